The zero-order valence-electron chi connectivity index (χ0n) is 13.9. The molecule has 0 aliphatic rings. The molecule has 0 fully saturated rings. The summed E-state index contributed by atoms with van der Waals surface area (Å²) in [6, 6.07) is 12.0. The lowest BCUT2D eigenvalue weighted by atomic mass is 10.2. The van der Waals surface area contributed by atoms with Gasteiger partial charge >= 0.3 is 0 Å². The highest BCUT2D eigenvalue weighted by Gasteiger charge is 2.11. The zero-order chi connectivity index (χ0) is 16.9. The van der Waals surface area contributed by atoms with Crippen LogP contribution in [0.1, 0.15) is 11.3 Å². The zero-order valence-corrected chi connectivity index (χ0v) is 13.9. The molecule has 0 unspecified atom stereocenters. The molecule has 0 aliphatic carbocycles. The number of nitrogens with zero attached hydrogens (tertiary/aromatic N) is 2. The van der Waals surface area contributed by atoms with Gasteiger partial charge in [-0.3, -0.25) is 5.10 Å². The van der Waals surface area contributed by atoms with Crippen molar-refractivity contribution < 1.29 is 9.52 Å². The molecular formula is C18H22N4O2. The Hall–Kier alpha value is -2.73. The molecule has 6 nitrogen and oxygen atoms in total. The van der Waals surface area contributed by atoms with Gasteiger partial charge < -0.3 is 19.7 Å². The summed E-state index contributed by atoms with van der Waals surface area (Å²) in [5, 5.41) is 19.5. The Morgan fingerprint density at radius 3 is 2.67 bits per heavy atom. The SMILES string of the molecule is Cc1ccc(-c2[nH]ncc2CNc2ccc(N(C)CCO)cc2)o1. The molecule has 1 aromatic carbocycles. The molecule has 0 aliphatic heterocycles. The van der Waals surface area contributed by atoms with Gasteiger partial charge in [-0.25, -0.2) is 0 Å². The molecule has 0 amide bonds. The van der Waals surface area contributed by atoms with Gasteiger partial charge in [0, 0.05) is 37.1 Å². The van der Waals surface area contributed by atoms with Crippen molar-refractivity contribution in [2.24, 2.45) is 0 Å². The van der Waals surface area contributed by atoms with Crippen molar-refractivity contribution >= 4 is 11.4 Å². The Bertz CT molecular complexity index is 776. The topological polar surface area (TPSA) is 77.3 Å². The number of furan rings is 1. The number of aliphatic hydroxyl groups excluding tert-OH is 1. The Morgan fingerprint density at radius 2 is 2.00 bits per heavy atom. The van der Waals surface area contributed by atoms with E-state index >= 15 is 0 Å². The highest BCUT2D eigenvalue weighted by molar-refractivity contribution is 5.59. The Labute approximate surface area is 141 Å². The van der Waals surface area contributed by atoms with E-state index in [4.69, 9.17) is 9.52 Å². The summed E-state index contributed by atoms with van der Waals surface area (Å²) in [7, 11) is 1.96. The maximum Gasteiger partial charge on any atom is 0.152 e. The van der Waals surface area contributed by atoms with Crippen LogP contribution in [0, 0.1) is 6.92 Å². The van der Waals surface area contributed by atoms with Crippen LogP contribution in [0.15, 0.2) is 47.0 Å². The van der Waals surface area contributed by atoms with E-state index in [2.05, 4.69) is 15.5 Å². The second-order valence-corrected chi connectivity index (χ2v) is 5.73. The molecule has 2 aromatic heterocycles. The number of aryl methyl sites for hydroxylation is 1. The van der Waals surface area contributed by atoms with Crippen molar-refractivity contribution in [1.82, 2.24) is 10.2 Å². The predicted molar refractivity (Wildman–Crippen MR) is 95.2 cm³/mol. The smallest absolute Gasteiger partial charge is 0.152 e. The summed E-state index contributed by atoms with van der Waals surface area (Å²) in [5.74, 6) is 1.67. The monoisotopic (exact) mass is 326 g/mol. The number of nitrogens with one attached hydrogen (secondary N) is 2. The normalized spacial score (nSPS) is 10.8. The van der Waals surface area contributed by atoms with E-state index in [-0.39, 0.29) is 6.61 Å². The van der Waals surface area contributed by atoms with Crippen molar-refractivity contribution in [1.29, 1.82) is 0 Å². The van der Waals surface area contributed by atoms with E-state index in [1.165, 1.54) is 0 Å². The third-order valence-corrected chi connectivity index (χ3v) is 3.93. The Kier molecular flexibility index (Phi) is 4.86. The molecular weight excluding hydrogens is 304 g/mol. The van der Waals surface area contributed by atoms with Crippen molar-refractivity contribution in [3.63, 3.8) is 0 Å². The summed E-state index contributed by atoms with van der Waals surface area (Å²) in [6.07, 6.45) is 1.81. The minimum Gasteiger partial charge on any atom is -0.460 e. The summed E-state index contributed by atoms with van der Waals surface area (Å²) >= 11 is 0. The largest absolute Gasteiger partial charge is 0.460 e. The van der Waals surface area contributed by atoms with Crippen molar-refractivity contribution in [3.05, 3.63) is 53.9 Å². The number of rotatable bonds is 7. The first-order valence-corrected chi connectivity index (χ1v) is 7.92. The molecule has 3 aromatic rings. The maximum atomic E-state index is 8.99. The van der Waals surface area contributed by atoms with Crippen LogP contribution in [0.2, 0.25) is 0 Å². The Morgan fingerprint density at radius 1 is 1.21 bits per heavy atom. The summed E-state index contributed by atoms with van der Waals surface area (Å²) in [6.45, 7) is 3.34. The first kappa shape index (κ1) is 16.1. The van der Waals surface area contributed by atoms with E-state index < -0.39 is 0 Å². The van der Waals surface area contributed by atoms with Crippen LogP contribution in [-0.2, 0) is 6.54 Å². The van der Waals surface area contributed by atoms with Gasteiger partial charge in [-0.15, -0.1) is 0 Å². The van der Waals surface area contributed by atoms with Gasteiger partial charge in [0.05, 0.1) is 12.8 Å². The molecule has 0 radical (unpaired) electrons. The van der Waals surface area contributed by atoms with Crippen LogP contribution in [0.25, 0.3) is 11.5 Å². The standard InChI is InChI=1S/C18H22N4O2/c1-13-3-8-17(24-13)18-14(12-20-21-18)11-19-15-4-6-16(7-5-15)22(2)9-10-23/h3-8,12,19,23H,9-11H2,1-2H3,(H,20,21). The van der Waals surface area contributed by atoms with Gasteiger partial charge in [0.25, 0.3) is 0 Å². The fraction of sp³-hybridized carbons (Fsp3) is 0.278. The van der Waals surface area contributed by atoms with Crippen LogP contribution in [0.4, 0.5) is 11.4 Å². The quantitative estimate of drug-likeness (QED) is 0.622. The molecule has 24 heavy (non-hydrogen) atoms. The molecule has 2 heterocycles. The molecule has 3 N–H and O–H groups in total. The van der Waals surface area contributed by atoms with Gasteiger partial charge in [-0.2, -0.15) is 5.10 Å². The highest BCUT2D eigenvalue weighted by Crippen LogP contribution is 2.24. The molecule has 0 spiro atoms. The van der Waals surface area contributed by atoms with Crippen molar-refractivity contribution in [2.75, 3.05) is 30.4 Å². The average molecular weight is 326 g/mol. The molecule has 126 valence electrons. The summed E-state index contributed by atoms with van der Waals surface area (Å²) in [5.41, 5.74) is 4.05. The number of likely N-dealkylation sites (N-methyl/N-ethyl adjacent to an activating group) is 1. The average Bonchev–Trinajstić information content (AvgIpc) is 3.22. The van der Waals surface area contributed by atoms with E-state index in [0.717, 1.165) is 34.2 Å². The predicted octanol–water partition coefficient (Wildman–Crippen LogP) is 3.02. The number of aromatic nitrogens is 2. The van der Waals surface area contributed by atoms with Crippen LogP contribution < -0.4 is 10.2 Å². The first-order valence-electron chi connectivity index (χ1n) is 7.92. The van der Waals surface area contributed by atoms with Crippen molar-refractivity contribution in [3.8, 4) is 11.5 Å². The Balaban J connectivity index is 1.65. The number of anilines is 2. The van der Waals surface area contributed by atoms with Gasteiger partial charge in [-0.05, 0) is 43.3 Å². The fourth-order valence-electron chi connectivity index (χ4n) is 2.54. The molecule has 3 rings (SSSR count). The van der Waals surface area contributed by atoms with Gasteiger partial charge in [0.2, 0.25) is 0 Å². The summed E-state index contributed by atoms with van der Waals surface area (Å²) < 4.78 is 5.66. The third kappa shape index (κ3) is 3.60. The molecule has 0 bridgehead atoms. The number of benzene rings is 1. The number of hydrogen-bond donors (Lipinski definition) is 3. The second kappa shape index (κ2) is 7.23. The van der Waals surface area contributed by atoms with E-state index in [0.29, 0.717) is 13.1 Å². The second-order valence-electron chi connectivity index (χ2n) is 5.73. The number of aromatic amines is 1. The first-order chi connectivity index (χ1) is 11.7. The minimum atomic E-state index is 0.145. The third-order valence-electron chi connectivity index (χ3n) is 3.93. The number of hydrogen-bond acceptors (Lipinski definition) is 5. The number of H-pyrrole nitrogens is 1. The van der Waals surface area contributed by atoms with E-state index in [1.807, 2.05) is 61.5 Å². The molecule has 0 atom stereocenters. The fourth-order valence-corrected chi connectivity index (χ4v) is 2.54. The molecule has 0 saturated heterocycles. The highest BCUT2D eigenvalue weighted by atomic mass is 16.3. The van der Waals surface area contributed by atoms with Crippen LogP contribution in [-0.4, -0.2) is 35.5 Å². The maximum absolute atomic E-state index is 8.99. The van der Waals surface area contributed by atoms with E-state index in [1.54, 1.807) is 0 Å². The van der Waals surface area contributed by atoms with Crippen LogP contribution in [0.3, 0.4) is 0 Å². The van der Waals surface area contributed by atoms with Gasteiger partial charge in [-0.1, -0.05) is 0 Å². The number of aliphatic hydroxyl groups is 1. The van der Waals surface area contributed by atoms with E-state index in [9.17, 15) is 0 Å². The lowest BCUT2D eigenvalue weighted by Crippen LogP contribution is -2.20. The van der Waals surface area contributed by atoms with Gasteiger partial charge in [0.15, 0.2) is 5.76 Å². The summed E-state index contributed by atoms with van der Waals surface area (Å²) in [4.78, 5) is 2.01. The van der Waals surface area contributed by atoms with Crippen LogP contribution >= 0.6 is 0 Å². The lowest BCUT2D eigenvalue weighted by Gasteiger charge is -2.18. The van der Waals surface area contributed by atoms with Crippen molar-refractivity contribution in [2.45, 2.75) is 13.5 Å². The molecule has 0 saturated carbocycles. The van der Waals surface area contributed by atoms with Gasteiger partial charge in [0.1, 0.15) is 11.5 Å². The molecule has 6 heteroatoms. The lowest BCUT2D eigenvalue weighted by molar-refractivity contribution is 0.304. The van der Waals surface area contributed by atoms with Crippen LogP contribution in [0.5, 0.6) is 0 Å². The minimum absolute atomic E-state index is 0.145.